The van der Waals surface area contributed by atoms with Crippen LogP contribution in [-0.4, -0.2) is 35.6 Å². The van der Waals surface area contributed by atoms with Crippen LogP contribution in [0.5, 0.6) is 5.88 Å². The maximum absolute atomic E-state index is 13.2. The molecule has 0 aliphatic carbocycles. The van der Waals surface area contributed by atoms with Crippen LogP contribution in [0.4, 0.5) is 11.4 Å². The van der Waals surface area contributed by atoms with Crippen molar-refractivity contribution in [1.29, 1.82) is 0 Å². The maximum atomic E-state index is 13.2. The van der Waals surface area contributed by atoms with Gasteiger partial charge in [-0.2, -0.15) is 0 Å². The zero-order valence-electron chi connectivity index (χ0n) is 21.2. The number of rotatable bonds is 7. The minimum atomic E-state index is -0.748. The Morgan fingerprint density at radius 3 is 2.24 bits per heavy atom. The summed E-state index contributed by atoms with van der Waals surface area (Å²) in [5.74, 6) is -1.27. The van der Waals surface area contributed by atoms with Gasteiger partial charge in [-0.3, -0.25) is 9.59 Å². The van der Waals surface area contributed by atoms with Crippen LogP contribution in [0, 0.1) is 0 Å². The number of para-hydroxylation sites is 1. The number of benzene rings is 3. The lowest BCUT2D eigenvalue weighted by Crippen LogP contribution is -2.26. The van der Waals surface area contributed by atoms with E-state index in [1.54, 1.807) is 41.0 Å². The molecule has 1 heterocycles. The van der Waals surface area contributed by atoms with Crippen molar-refractivity contribution in [3.8, 4) is 5.88 Å². The third kappa shape index (κ3) is 5.59. The summed E-state index contributed by atoms with van der Waals surface area (Å²) in [4.78, 5) is 28.0. The first-order valence-electron chi connectivity index (χ1n) is 11.9. The van der Waals surface area contributed by atoms with E-state index in [0.29, 0.717) is 16.5 Å². The predicted octanol–water partition coefficient (Wildman–Crippen LogP) is 6.08. The number of hydrogen-bond donors (Lipinski definition) is 2. The first kappa shape index (κ1) is 25.4. The maximum Gasteiger partial charge on any atom is 0.311 e. The van der Waals surface area contributed by atoms with E-state index in [4.69, 9.17) is 0 Å². The Morgan fingerprint density at radius 1 is 0.946 bits per heavy atom. The normalized spacial score (nSPS) is 11.9. The van der Waals surface area contributed by atoms with Crippen LogP contribution in [0.15, 0.2) is 94.8 Å². The highest BCUT2D eigenvalue weighted by molar-refractivity contribution is 6.05. The van der Waals surface area contributed by atoms with Crippen LogP contribution in [0.1, 0.15) is 35.8 Å². The molecular formula is C29H29N5O3. The van der Waals surface area contributed by atoms with E-state index >= 15 is 0 Å². The molecule has 0 atom stereocenters. The summed E-state index contributed by atoms with van der Waals surface area (Å²) in [6.45, 7) is 3.89. The van der Waals surface area contributed by atoms with Gasteiger partial charge in [-0.05, 0) is 55.8 Å². The molecule has 0 unspecified atom stereocenters. The van der Waals surface area contributed by atoms with E-state index in [2.05, 4.69) is 15.5 Å². The fraction of sp³-hybridized carbons (Fsp3) is 0.172. The van der Waals surface area contributed by atoms with E-state index in [0.717, 1.165) is 11.2 Å². The molecule has 2 N–H and O–H groups in total. The molecule has 4 aromatic rings. The van der Waals surface area contributed by atoms with E-state index in [9.17, 15) is 14.7 Å². The van der Waals surface area contributed by atoms with Crippen molar-refractivity contribution in [1.82, 2.24) is 9.88 Å². The third-order valence-electron chi connectivity index (χ3n) is 5.85. The number of aromatic hydroxyl groups is 1. The summed E-state index contributed by atoms with van der Waals surface area (Å²) in [6.07, 6.45) is 1.55. The van der Waals surface area contributed by atoms with Crippen LogP contribution < -0.4 is 10.2 Å². The van der Waals surface area contributed by atoms with Gasteiger partial charge in [0.1, 0.15) is 5.70 Å². The highest BCUT2D eigenvalue weighted by atomic mass is 16.3. The second kappa shape index (κ2) is 10.9. The van der Waals surface area contributed by atoms with Crippen LogP contribution in [-0.2, 0) is 4.79 Å². The number of carbonyl (C=O) groups is 2. The van der Waals surface area contributed by atoms with E-state index in [-0.39, 0.29) is 23.3 Å². The number of carbonyl (C=O) groups excluding carboxylic acids is 2. The lowest BCUT2D eigenvalue weighted by molar-refractivity contribution is -0.115. The Morgan fingerprint density at radius 2 is 1.59 bits per heavy atom. The quantitative estimate of drug-likeness (QED) is 0.240. The number of nitrogens with zero attached hydrogens (tertiary/aromatic N) is 4. The highest BCUT2D eigenvalue weighted by Crippen LogP contribution is 2.40. The van der Waals surface area contributed by atoms with Gasteiger partial charge in [0, 0.05) is 36.8 Å². The smallest absolute Gasteiger partial charge is 0.311 e. The minimum Gasteiger partial charge on any atom is -0.493 e. The van der Waals surface area contributed by atoms with Gasteiger partial charge in [0.25, 0.3) is 5.91 Å². The summed E-state index contributed by atoms with van der Waals surface area (Å²) < 4.78 is 1.73. The van der Waals surface area contributed by atoms with Gasteiger partial charge >= 0.3 is 5.91 Å². The van der Waals surface area contributed by atoms with E-state index < -0.39 is 11.8 Å². The molecule has 0 spiro atoms. The standard InChI is InChI=1S/C29H29N5O3/c1-19(2)34-25-13-9-8-12-23(25)26(29(34)37)31-32-28(36)24(30-27(35)21-10-6-5-7-11-21)18-20-14-16-22(17-15-20)33(3)4/h5-19,37H,1-4H3,(H,30,35)/b24-18-,32-31?. The number of hydrogen-bond acceptors (Lipinski definition) is 5. The molecule has 0 aliphatic rings. The molecule has 0 bridgehead atoms. The van der Waals surface area contributed by atoms with Gasteiger partial charge in [0.15, 0.2) is 5.69 Å². The molecule has 2 amide bonds. The van der Waals surface area contributed by atoms with Gasteiger partial charge in [0.05, 0.1) is 5.52 Å². The van der Waals surface area contributed by atoms with Crippen molar-refractivity contribution in [3.63, 3.8) is 0 Å². The Labute approximate surface area is 215 Å². The number of aromatic nitrogens is 1. The van der Waals surface area contributed by atoms with Gasteiger partial charge < -0.3 is 19.9 Å². The SMILES string of the molecule is CC(C)n1c(O)c(N=NC(=O)/C(=C/c2ccc(N(C)C)cc2)NC(=O)c2ccccc2)c2ccccc21. The van der Waals surface area contributed by atoms with Gasteiger partial charge in [0.2, 0.25) is 5.88 Å². The number of anilines is 1. The molecule has 0 aliphatic heterocycles. The largest absolute Gasteiger partial charge is 0.493 e. The molecule has 3 aromatic carbocycles. The first-order chi connectivity index (χ1) is 17.8. The number of azo groups is 1. The van der Waals surface area contributed by atoms with Gasteiger partial charge in [-0.15, -0.1) is 10.2 Å². The molecule has 4 rings (SSSR count). The average Bonchev–Trinajstić information content (AvgIpc) is 3.18. The molecule has 0 radical (unpaired) electrons. The van der Waals surface area contributed by atoms with Crippen molar-refractivity contribution in [2.45, 2.75) is 19.9 Å². The fourth-order valence-corrected chi connectivity index (χ4v) is 3.97. The Hall–Kier alpha value is -4.72. The average molecular weight is 496 g/mol. The summed E-state index contributed by atoms with van der Waals surface area (Å²) in [5.41, 5.74) is 3.04. The Bertz CT molecular complexity index is 1480. The molecule has 8 heteroatoms. The molecule has 1 aromatic heterocycles. The van der Waals surface area contributed by atoms with Crippen molar-refractivity contribution in [2.24, 2.45) is 10.2 Å². The molecule has 0 saturated heterocycles. The van der Waals surface area contributed by atoms with Gasteiger partial charge in [-0.1, -0.05) is 48.5 Å². The minimum absolute atomic E-state index is 0.0321. The first-order valence-corrected chi connectivity index (χ1v) is 11.9. The summed E-state index contributed by atoms with van der Waals surface area (Å²) in [5, 5.41) is 22.2. The van der Waals surface area contributed by atoms with Crippen molar-refractivity contribution >= 4 is 40.2 Å². The summed E-state index contributed by atoms with van der Waals surface area (Å²) >= 11 is 0. The van der Waals surface area contributed by atoms with Crippen molar-refractivity contribution < 1.29 is 14.7 Å². The number of fused-ring (bicyclic) bond motifs is 1. The number of amides is 2. The zero-order valence-corrected chi connectivity index (χ0v) is 21.2. The predicted molar refractivity (Wildman–Crippen MR) is 146 cm³/mol. The van der Waals surface area contributed by atoms with Crippen LogP contribution in [0.2, 0.25) is 0 Å². The van der Waals surface area contributed by atoms with Crippen molar-refractivity contribution in [2.75, 3.05) is 19.0 Å². The van der Waals surface area contributed by atoms with Crippen LogP contribution >= 0.6 is 0 Å². The van der Waals surface area contributed by atoms with E-state index in [1.807, 2.05) is 81.4 Å². The lowest BCUT2D eigenvalue weighted by Gasteiger charge is -2.12. The molecule has 8 nitrogen and oxygen atoms in total. The Kier molecular flexibility index (Phi) is 7.48. The molecule has 0 fully saturated rings. The van der Waals surface area contributed by atoms with E-state index in [1.165, 1.54) is 0 Å². The van der Waals surface area contributed by atoms with Crippen LogP contribution in [0.25, 0.3) is 17.0 Å². The van der Waals surface area contributed by atoms with Crippen molar-refractivity contribution in [3.05, 3.63) is 95.7 Å². The van der Waals surface area contributed by atoms with Crippen LogP contribution in [0.3, 0.4) is 0 Å². The lowest BCUT2D eigenvalue weighted by atomic mass is 10.1. The number of nitrogens with one attached hydrogen (secondary N) is 1. The monoisotopic (exact) mass is 495 g/mol. The zero-order chi connectivity index (χ0) is 26.5. The second-order valence-electron chi connectivity index (χ2n) is 9.02. The topological polar surface area (TPSA) is 99.3 Å². The molecule has 37 heavy (non-hydrogen) atoms. The summed E-state index contributed by atoms with van der Waals surface area (Å²) in [6, 6.07) is 23.5. The molecule has 0 saturated carbocycles. The fourth-order valence-electron chi connectivity index (χ4n) is 3.97. The van der Waals surface area contributed by atoms with Gasteiger partial charge in [-0.25, -0.2) is 0 Å². The summed E-state index contributed by atoms with van der Waals surface area (Å²) in [7, 11) is 3.87. The Balaban J connectivity index is 1.70. The molecule has 188 valence electrons. The molecular weight excluding hydrogens is 466 g/mol. The second-order valence-corrected chi connectivity index (χ2v) is 9.02. The highest BCUT2D eigenvalue weighted by Gasteiger charge is 2.20. The third-order valence-corrected chi connectivity index (χ3v) is 5.85.